The maximum absolute atomic E-state index is 4.72. The Labute approximate surface area is 253 Å². The van der Waals surface area contributed by atoms with Gasteiger partial charge in [-0.15, -0.1) is 11.3 Å². The van der Waals surface area contributed by atoms with Crippen LogP contribution in [0, 0.1) is 19.8 Å². The first kappa shape index (κ1) is 29.3. The van der Waals surface area contributed by atoms with Gasteiger partial charge in [-0.2, -0.15) is 5.10 Å². The van der Waals surface area contributed by atoms with Gasteiger partial charge in [0.2, 0.25) is 0 Å². The monoisotopic (exact) mass is 575 g/mol. The Hall–Kier alpha value is -4.16. The van der Waals surface area contributed by atoms with Crippen LogP contribution in [-0.2, 0) is 0 Å². The number of anilines is 1. The third kappa shape index (κ3) is 6.66. The molecule has 0 radical (unpaired) electrons. The molecule has 6 heteroatoms. The van der Waals surface area contributed by atoms with E-state index in [4.69, 9.17) is 5.10 Å². The van der Waals surface area contributed by atoms with Crippen LogP contribution < -0.4 is 15.9 Å². The summed E-state index contributed by atoms with van der Waals surface area (Å²) in [4.78, 5) is 10.6. The van der Waals surface area contributed by atoms with E-state index in [1.165, 1.54) is 41.9 Å². The van der Waals surface area contributed by atoms with E-state index < -0.39 is 0 Å². The predicted molar refractivity (Wildman–Crippen MR) is 181 cm³/mol. The molecule has 0 spiro atoms. The summed E-state index contributed by atoms with van der Waals surface area (Å²) in [5.41, 5.74) is 8.96. The van der Waals surface area contributed by atoms with Crippen molar-refractivity contribution in [2.45, 2.75) is 59.3 Å². The van der Waals surface area contributed by atoms with Crippen LogP contribution in [0.3, 0.4) is 0 Å². The molecule has 5 nitrogen and oxygen atoms in total. The van der Waals surface area contributed by atoms with Gasteiger partial charge in [-0.05, 0) is 69.0 Å². The van der Waals surface area contributed by atoms with E-state index in [1.807, 2.05) is 31.5 Å². The molecular weight excluding hydrogens is 534 g/mol. The third-order valence-electron chi connectivity index (χ3n) is 7.98. The fraction of sp³-hybridized carbons (Fsp3) is 0.278. The lowest BCUT2D eigenvalue weighted by atomic mass is 9.86. The quantitative estimate of drug-likeness (QED) is 0.167. The molecule has 0 atom stereocenters. The van der Waals surface area contributed by atoms with Crippen molar-refractivity contribution in [2.75, 3.05) is 5.32 Å². The van der Waals surface area contributed by atoms with Crippen LogP contribution in [0.4, 0.5) is 5.69 Å². The van der Waals surface area contributed by atoms with Gasteiger partial charge in [0.25, 0.3) is 0 Å². The highest BCUT2D eigenvalue weighted by molar-refractivity contribution is 7.13. The zero-order valence-corrected chi connectivity index (χ0v) is 25.8. The number of hydrogen-bond acceptors (Lipinski definition) is 4. The molecule has 0 aromatic carbocycles. The van der Waals surface area contributed by atoms with E-state index in [1.54, 1.807) is 11.3 Å². The summed E-state index contributed by atoms with van der Waals surface area (Å²) in [6, 6.07) is 8.60. The smallest absolute Gasteiger partial charge is 0.116 e. The Bertz CT molecular complexity index is 1750. The molecule has 0 saturated heterocycles. The molecule has 1 saturated carbocycles. The van der Waals surface area contributed by atoms with Crippen LogP contribution in [0.1, 0.15) is 72.0 Å². The number of aryl methyl sites for hydroxylation is 2. The highest BCUT2D eigenvalue weighted by atomic mass is 32.1. The lowest BCUT2D eigenvalue weighted by Crippen LogP contribution is -2.23. The summed E-state index contributed by atoms with van der Waals surface area (Å²) < 4.78 is 0. The average molecular weight is 576 g/mol. The second-order valence-electron chi connectivity index (χ2n) is 11.2. The van der Waals surface area contributed by atoms with Crippen LogP contribution in [0.25, 0.3) is 34.7 Å². The van der Waals surface area contributed by atoms with Crippen LogP contribution in [0.2, 0.25) is 0 Å². The molecule has 216 valence electrons. The van der Waals surface area contributed by atoms with Gasteiger partial charge in [0.15, 0.2) is 0 Å². The van der Waals surface area contributed by atoms with Gasteiger partial charge >= 0.3 is 0 Å². The van der Waals surface area contributed by atoms with Crippen molar-refractivity contribution >= 4 is 40.3 Å². The van der Waals surface area contributed by atoms with Gasteiger partial charge in [-0.3, -0.25) is 10.1 Å². The summed E-state index contributed by atoms with van der Waals surface area (Å²) in [6.45, 7) is 18.9. The number of H-pyrrole nitrogens is 2. The van der Waals surface area contributed by atoms with Gasteiger partial charge < -0.3 is 10.3 Å². The third-order valence-corrected chi connectivity index (χ3v) is 9.02. The number of allylic oxidation sites excluding steroid dienone is 4. The van der Waals surface area contributed by atoms with Gasteiger partial charge in [0, 0.05) is 49.3 Å². The Morgan fingerprint density at radius 1 is 1.12 bits per heavy atom. The summed E-state index contributed by atoms with van der Waals surface area (Å²) in [5.74, 6) is 0.733. The zero-order valence-electron chi connectivity index (χ0n) is 25.0. The zero-order chi connectivity index (χ0) is 29.6. The first-order valence-corrected chi connectivity index (χ1v) is 15.6. The second-order valence-corrected chi connectivity index (χ2v) is 12.5. The minimum Gasteiger partial charge on any atom is -0.358 e. The highest BCUT2D eigenvalue weighted by Gasteiger charge is 2.17. The minimum absolute atomic E-state index is 0.733. The standard InChI is InChI=1S/C36H41N5S/c1-7-12-30(35-16-15-25(5)42-35)31-20-34(39-26(31)6)36-32(33(8-2)40-41-36)17-23(3)28-19-29(22-37-21-28)38-24(4)18-27-13-10-9-11-14-27/h7-8,12,15-17,19-22,27,38-40H,1,3-4,9-11,13-14,18H2,2,5-6H3/b30-12+,32-17+,33-8+. The summed E-state index contributed by atoms with van der Waals surface area (Å²) in [6.07, 6.45) is 19.4. The van der Waals surface area contributed by atoms with Gasteiger partial charge in [0.1, 0.15) is 5.69 Å². The summed E-state index contributed by atoms with van der Waals surface area (Å²) in [5, 5.41) is 13.3. The van der Waals surface area contributed by atoms with E-state index in [9.17, 15) is 0 Å². The lowest BCUT2D eigenvalue weighted by molar-refractivity contribution is 0.357. The second kappa shape index (κ2) is 13.2. The average Bonchev–Trinajstić information content (AvgIpc) is 3.70. The van der Waals surface area contributed by atoms with Crippen molar-refractivity contribution < 1.29 is 0 Å². The molecule has 0 unspecified atom stereocenters. The lowest BCUT2D eigenvalue weighted by Gasteiger charge is -2.22. The molecule has 4 heterocycles. The number of nitrogens with zero attached hydrogens (tertiary/aromatic N) is 2. The Morgan fingerprint density at radius 3 is 2.64 bits per heavy atom. The van der Waals surface area contributed by atoms with Crippen LogP contribution in [-0.4, -0.2) is 20.2 Å². The summed E-state index contributed by atoms with van der Waals surface area (Å²) in [7, 11) is 0. The number of rotatable bonds is 10. The van der Waals surface area contributed by atoms with Crippen LogP contribution in [0.15, 0.2) is 74.2 Å². The van der Waals surface area contributed by atoms with E-state index in [0.717, 1.165) is 73.6 Å². The number of thiophene rings is 1. The molecule has 0 aliphatic heterocycles. The summed E-state index contributed by atoms with van der Waals surface area (Å²) >= 11 is 1.78. The first-order valence-electron chi connectivity index (χ1n) is 14.8. The molecule has 0 bridgehead atoms. The number of hydrogen-bond donors (Lipinski definition) is 3. The van der Waals surface area contributed by atoms with Gasteiger partial charge in [-0.25, -0.2) is 0 Å². The number of aromatic nitrogens is 4. The predicted octanol–water partition coefficient (Wildman–Crippen LogP) is 8.29. The highest BCUT2D eigenvalue weighted by Crippen LogP contribution is 2.33. The van der Waals surface area contributed by atoms with Gasteiger partial charge in [-0.1, -0.05) is 70.1 Å². The molecule has 0 amide bonds. The molecule has 4 aromatic rings. The Kier molecular flexibility index (Phi) is 9.23. The van der Waals surface area contributed by atoms with E-state index in [2.05, 4.69) is 90.4 Å². The molecular formula is C36H41N5S. The van der Waals surface area contributed by atoms with Crippen molar-refractivity contribution in [3.05, 3.63) is 111 Å². The topological polar surface area (TPSA) is 69.4 Å². The fourth-order valence-electron chi connectivity index (χ4n) is 5.84. The SMILES string of the molecule is C=C/C=C(/c1ccc(C)s1)c1cc(-c2n[nH]c(=C/C)/c2=C\C(=C)c2cncc(NC(=C)CC3CCCCC3)c2)[nH]c1C. The van der Waals surface area contributed by atoms with Crippen LogP contribution in [0.5, 0.6) is 0 Å². The van der Waals surface area contributed by atoms with E-state index in [-0.39, 0.29) is 0 Å². The number of pyridine rings is 1. The molecule has 4 aromatic heterocycles. The van der Waals surface area contributed by atoms with Crippen molar-refractivity contribution in [3.8, 4) is 11.4 Å². The molecule has 1 aliphatic carbocycles. The van der Waals surface area contributed by atoms with Crippen molar-refractivity contribution in [1.82, 2.24) is 20.2 Å². The van der Waals surface area contributed by atoms with Crippen LogP contribution >= 0.6 is 11.3 Å². The van der Waals surface area contributed by atoms with Crippen molar-refractivity contribution in [1.29, 1.82) is 0 Å². The first-order chi connectivity index (χ1) is 20.4. The van der Waals surface area contributed by atoms with Crippen molar-refractivity contribution in [2.24, 2.45) is 5.92 Å². The van der Waals surface area contributed by atoms with E-state index >= 15 is 0 Å². The Balaban J connectivity index is 1.43. The maximum atomic E-state index is 4.72. The largest absolute Gasteiger partial charge is 0.358 e. The Morgan fingerprint density at radius 2 is 1.93 bits per heavy atom. The molecule has 3 N–H and O–H groups in total. The molecule has 42 heavy (non-hydrogen) atoms. The maximum Gasteiger partial charge on any atom is 0.116 e. The molecule has 5 rings (SSSR count). The normalized spacial score (nSPS) is 15.3. The molecule has 1 aliphatic rings. The molecule has 1 fully saturated rings. The fourth-order valence-corrected chi connectivity index (χ4v) is 6.75. The minimum atomic E-state index is 0.733. The van der Waals surface area contributed by atoms with E-state index in [0.29, 0.717) is 0 Å². The van der Waals surface area contributed by atoms with Crippen molar-refractivity contribution in [3.63, 3.8) is 0 Å². The van der Waals surface area contributed by atoms with Gasteiger partial charge in [0.05, 0.1) is 22.9 Å². The number of aromatic amines is 2. The number of nitrogens with one attached hydrogen (secondary N) is 3.